The lowest BCUT2D eigenvalue weighted by Gasteiger charge is -2.35. The number of hydrogen-bond donors (Lipinski definition) is 1. The van der Waals surface area contributed by atoms with Crippen LogP contribution >= 0.6 is 15.9 Å². The summed E-state index contributed by atoms with van der Waals surface area (Å²) in [5.74, 6) is -0.0163. The molecule has 0 radical (unpaired) electrons. The van der Waals surface area contributed by atoms with Crippen LogP contribution in [0.1, 0.15) is 31.1 Å². The predicted octanol–water partition coefficient (Wildman–Crippen LogP) is 3.62. The van der Waals surface area contributed by atoms with Crippen molar-refractivity contribution in [3.63, 3.8) is 0 Å². The van der Waals surface area contributed by atoms with Crippen molar-refractivity contribution in [3.05, 3.63) is 34.4 Å². The number of halogens is 1. The van der Waals surface area contributed by atoms with E-state index in [2.05, 4.69) is 20.9 Å². The van der Waals surface area contributed by atoms with Crippen molar-refractivity contribution in [1.82, 2.24) is 14.8 Å². The van der Waals surface area contributed by atoms with Crippen LogP contribution in [0.3, 0.4) is 0 Å². The fourth-order valence-electron chi connectivity index (χ4n) is 2.86. The van der Waals surface area contributed by atoms with Gasteiger partial charge in [0, 0.05) is 47.8 Å². The number of hydrogen-bond acceptors (Lipinski definition) is 3. The molecule has 0 unspecified atom stereocenters. The normalized spacial score (nSPS) is 15.5. The summed E-state index contributed by atoms with van der Waals surface area (Å²) in [4.78, 5) is 31.5. The van der Waals surface area contributed by atoms with Crippen LogP contribution in [-0.2, 0) is 4.74 Å². The summed E-state index contributed by atoms with van der Waals surface area (Å²) in [7, 11) is 0. The Morgan fingerprint density at radius 3 is 2.40 bits per heavy atom. The summed E-state index contributed by atoms with van der Waals surface area (Å²) in [6.45, 7) is 7.51. The van der Waals surface area contributed by atoms with E-state index < -0.39 is 5.60 Å². The van der Waals surface area contributed by atoms with Crippen molar-refractivity contribution in [2.45, 2.75) is 26.4 Å². The third kappa shape index (κ3) is 3.98. The Bertz CT molecular complexity index is 801. The number of aromatic nitrogens is 1. The van der Waals surface area contributed by atoms with E-state index in [1.807, 2.05) is 39.0 Å². The zero-order valence-corrected chi connectivity index (χ0v) is 16.2. The lowest BCUT2D eigenvalue weighted by atomic mass is 10.1. The number of aromatic amines is 1. The second-order valence-corrected chi connectivity index (χ2v) is 8.07. The third-order valence-electron chi connectivity index (χ3n) is 4.09. The van der Waals surface area contributed by atoms with Gasteiger partial charge in [-0.1, -0.05) is 22.0 Å². The van der Waals surface area contributed by atoms with E-state index in [1.54, 1.807) is 16.0 Å². The Kier molecular flexibility index (Phi) is 4.77. The highest BCUT2D eigenvalue weighted by Crippen LogP contribution is 2.24. The number of carbonyl (C=O) groups excluding carboxylic acids is 2. The molecule has 2 aromatic rings. The first-order chi connectivity index (χ1) is 11.7. The second kappa shape index (κ2) is 6.71. The van der Waals surface area contributed by atoms with Gasteiger partial charge in [0.2, 0.25) is 0 Å². The first kappa shape index (κ1) is 17.8. The molecule has 25 heavy (non-hydrogen) atoms. The molecule has 0 atom stereocenters. The van der Waals surface area contributed by atoms with Crippen LogP contribution < -0.4 is 0 Å². The van der Waals surface area contributed by atoms with Gasteiger partial charge in [-0.25, -0.2) is 4.79 Å². The van der Waals surface area contributed by atoms with Crippen LogP contribution in [0.2, 0.25) is 0 Å². The van der Waals surface area contributed by atoms with Crippen LogP contribution in [0, 0.1) is 0 Å². The minimum atomic E-state index is -0.512. The van der Waals surface area contributed by atoms with Gasteiger partial charge in [0.1, 0.15) is 5.60 Å². The van der Waals surface area contributed by atoms with Gasteiger partial charge in [-0.3, -0.25) is 4.79 Å². The van der Waals surface area contributed by atoms with Crippen LogP contribution in [0.15, 0.2) is 28.9 Å². The SMILES string of the molecule is CC(C)(C)OC(=O)N1CCN(C(=O)c2c[nH]c3cc(Br)ccc23)CC1. The molecule has 7 heteroatoms. The molecule has 6 nitrogen and oxygen atoms in total. The molecule has 3 rings (SSSR count). The van der Waals surface area contributed by atoms with Gasteiger partial charge < -0.3 is 19.5 Å². The van der Waals surface area contributed by atoms with E-state index >= 15 is 0 Å². The number of H-pyrrole nitrogens is 1. The van der Waals surface area contributed by atoms with Gasteiger partial charge in [-0.05, 0) is 32.9 Å². The van der Waals surface area contributed by atoms with E-state index in [-0.39, 0.29) is 12.0 Å². The van der Waals surface area contributed by atoms with Crippen molar-refractivity contribution in [3.8, 4) is 0 Å². The van der Waals surface area contributed by atoms with Crippen molar-refractivity contribution in [1.29, 1.82) is 0 Å². The summed E-state index contributed by atoms with van der Waals surface area (Å²) >= 11 is 3.43. The first-order valence-electron chi connectivity index (χ1n) is 8.28. The zero-order valence-electron chi connectivity index (χ0n) is 14.6. The molecule has 1 aliphatic rings. The smallest absolute Gasteiger partial charge is 0.410 e. The highest BCUT2D eigenvalue weighted by molar-refractivity contribution is 9.10. The summed E-state index contributed by atoms with van der Waals surface area (Å²) in [6, 6.07) is 5.81. The molecule has 2 amide bonds. The molecule has 0 bridgehead atoms. The molecule has 1 aliphatic heterocycles. The van der Waals surface area contributed by atoms with Gasteiger partial charge in [0.05, 0.1) is 5.56 Å². The molecule has 1 aromatic heterocycles. The highest BCUT2D eigenvalue weighted by Gasteiger charge is 2.28. The lowest BCUT2D eigenvalue weighted by molar-refractivity contribution is 0.0141. The van der Waals surface area contributed by atoms with Crippen molar-refractivity contribution in [2.24, 2.45) is 0 Å². The highest BCUT2D eigenvalue weighted by atomic mass is 79.9. The maximum Gasteiger partial charge on any atom is 0.410 e. The van der Waals surface area contributed by atoms with Crippen LogP contribution in [0.25, 0.3) is 10.9 Å². The van der Waals surface area contributed by atoms with E-state index in [4.69, 9.17) is 4.74 Å². The number of piperazine rings is 1. The van der Waals surface area contributed by atoms with Gasteiger partial charge in [-0.2, -0.15) is 0 Å². The standard InChI is InChI=1S/C18H22BrN3O3/c1-18(2,3)25-17(24)22-8-6-21(7-9-22)16(23)14-11-20-15-10-12(19)4-5-13(14)15/h4-5,10-11,20H,6-9H2,1-3H3. The number of benzene rings is 1. The van der Waals surface area contributed by atoms with E-state index in [0.717, 1.165) is 15.4 Å². The molecular formula is C18H22BrN3O3. The van der Waals surface area contributed by atoms with Gasteiger partial charge in [0.15, 0.2) is 0 Å². The van der Waals surface area contributed by atoms with Crippen LogP contribution in [0.4, 0.5) is 4.79 Å². The number of ether oxygens (including phenoxy) is 1. The average Bonchev–Trinajstić information content (AvgIpc) is 2.95. The number of fused-ring (bicyclic) bond motifs is 1. The zero-order chi connectivity index (χ0) is 18.2. The first-order valence-corrected chi connectivity index (χ1v) is 9.08. The fraction of sp³-hybridized carbons (Fsp3) is 0.444. The van der Waals surface area contributed by atoms with Crippen molar-refractivity contribution < 1.29 is 14.3 Å². The van der Waals surface area contributed by atoms with Gasteiger partial charge >= 0.3 is 6.09 Å². The molecule has 134 valence electrons. The summed E-state index contributed by atoms with van der Waals surface area (Å²) < 4.78 is 6.35. The minimum Gasteiger partial charge on any atom is -0.444 e. The topological polar surface area (TPSA) is 65.6 Å². The third-order valence-corrected chi connectivity index (χ3v) is 4.59. The summed E-state index contributed by atoms with van der Waals surface area (Å²) in [5, 5.41) is 0.905. The van der Waals surface area contributed by atoms with E-state index in [0.29, 0.717) is 31.7 Å². The maximum atomic E-state index is 12.8. The Hall–Kier alpha value is -2.02. The summed E-state index contributed by atoms with van der Waals surface area (Å²) in [6.07, 6.45) is 1.43. The lowest BCUT2D eigenvalue weighted by Crippen LogP contribution is -2.51. The molecule has 0 spiro atoms. The van der Waals surface area contributed by atoms with E-state index in [1.165, 1.54) is 0 Å². The fourth-order valence-corrected chi connectivity index (χ4v) is 3.23. The number of nitrogens with zero attached hydrogens (tertiary/aromatic N) is 2. The van der Waals surface area contributed by atoms with Gasteiger partial charge in [0.25, 0.3) is 5.91 Å². The molecule has 1 aromatic carbocycles. The Labute approximate surface area is 155 Å². The second-order valence-electron chi connectivity index (χ2n) is 7.15. The monoisotopic (exact) mass is 407 g/mol. The molecule has 0 saturated carbocycles. The van der Waals surface area contributed by atoms with Crippen LogP contribution in [0.5, 0.6) is 0 Å². The number of amides is 2. The van der Waals surface area contributed by atoms with Crippen LogP contribution in [-0.4, -0.2) is 58.6 Å². The molecule has 1 N–H and O–H groups in total. The predicted molar refractivity (Wildman–Crippen MR) is 99.7 cm³/mol. The quantitative estimate of drug-likeness (QED) is 0.784. The molecule has 1 fully saturated rings. The minimum absolute atomic E-state index is 0.0163. The average molecular weight is 408 g/mol. The Morgan fingerprint density at radius 1 is 1.12 bits per heavy atom. The van der Waals surface area contributed by atoms with E-state index in [9.17, 15) is 9.59 Å². The molecule has 0 aliphatic carbocycles. The Morgan fingerprint density at radius 2 is 1.76 bits per heavy atom. The van der Waals surface area contributed by atoms with Crippen molar-refractivity contribution >= 4 is 38.8 Å². The number of nitrogens with one attached hydrogen (secondary N) is 1. The van der Waals surface area contributed by atoms with Crippen molar-refractivity contribution in [2.75, 3.05) is 26.2 Å². The number of carbonyl (C=O) groups is 2. The molecular weight excluding hydrogens is 386 g/mol. The number of rotatable bonds is 1. The van der Waals surface area contributed by atoms with Gasteiger partial charge in [-0.15, -0.1) is 0 Å². The molecule has 1 saturated heterocycles. The summed E-state index contributed by atoms with van der Waals surface area (Å²) in [5.41, 5.74) is 1.07. The largest absolute Gasteiger partial charge is 0.444 e. The molecule has 2 heterocycles. The maximum absolute atomic E-state index is 12.8. The Balaban J connectivity index is 1.66.